The Labute approximate surface area is 110 Å². The number of hydrogen-bond acceptors (Lipinski definition) is 3. The molecule has 0 saturated heterocycles. The van der Waals surface area contributed by atoms with E-state index in [1.54, 1.807) is 0 Å². The first-order chi connectivity index (χ1) is 8.31. The van der Waals surface area contributed by atoms with E-state index in [4.69, 9.17) is 0 Å². The van der Waals surface area contributed by atoms with E-state index in [1.165, 1.54) is 37.4 Å². The molecule has 0 aliphatic heterocycles. The van der Waals surface area contributed by atoms with E-state index in [9.17, 15) is 0 Å². The molecule has 1 heterocycles. The van der Waals surface area contributed by atoms with Crippen molar-refractivity contribution in [3.05, 3.63) is 22.4 Å². The molecule has 0 radical (unpaired) electrons. The summed E-state index contributed by atoms with van der Waals surface area (Å²) < 4.78 is 0. The predicted octanol–water partition coefficient (Wildman–Crippen LogP) is 3.52. The standard InChI is InChI=1S/C14H26N2S/c1-4-13(14-9-7-12-17-14)15-10-8-11-16(5-2)6-3/h7,9,12-13,15H,4-6,8,10-11H2,1-3H3. The van der Waals surface area contributed by atoms with Gasteiger partial charge in [-0.1, -0.05) is 26.8 Å². The molecular formula is C14H26N2S. The second-order valence-corrected chi connectivity index (χ2v) is 5.29. The van der Waals surface area contributed by atoms with Crippen LogP contribution in [-0.2, 0) is 0 Å². The van der Waals surface area contributed by atoms with Gasteiger partial charge in [0.2, 0.25) is 0 Å². The van der Waals surface area contributed by atoms with Gasteiger partial charge in [0, 0.05) is 10.9 Å². The largest absolute Gasteiger partial charge is 0.309 e. The Morgan fingerprint density at radius 2 is 2.06 bits per heavy atom. The van der Waals surface area contributed by atoms with Crippen LogP contribution in [0.15, 0.2) is 17.5 Å². The molecule has 1 atom stereocenters. The van der Waals surface area contributed by atoms with Crippen LogP contribution < -0.4 is 5.32 Å². The summed E-state index contributed by atoms with van der Waals surface area (Å²) in [6, 6.07) is 4.92. The molecule has 0 aliphatic rings. The summed E-state index contributed by atoms with van der Waals surface area (Å²) in [5.74, 6) is 0. The van der Waals surface area contributed by atoms with Crippen LogP contribution in [0.2, 0.25) is 0 Å². The molecular weight excluding hydrogens is 228 g/mol. The number of rotatable bonds is 9. The van der Waals surface area contributed by atoms with E-state index in [0.717, 1.165) is 6.54 Å². The Bertz CT molecular complexity index is 268. The van der Waals surface area contributed by atoms with Crippen molar-refractivity contribution in [2.24, 2.45) is 0 Å². The van der Waals surface area contributed by atoms with Gasteiger partial charge in [0.15, 0.2) is 0 Å². The Hall–Kier alpha value is -0.380. The molecule has 1 N–H and O–H groups in total. The van der Waals surface area contributed by atoms with Crippen molar-refractivity contribution < 1.29 is 0 Å². The molecule has 0 fully saturated rings. The highest BCUT2D eigenvalue weighted by Crippen LogP contribution is 2.21. The molecule has 1 aromatic heterocycles. The maximum absolute atomic E-state index is 3.66. The monoisotopic (exact) mass is 254 g/mol. The SMILES string of the molecule is CCC(NCCCN(CC)CC)c1cccs1. The fourth-order valence-electron chi connectivity index (χ4n) is 2.05. The molecule has 0 saturated carbocycles. The van der Waals surface area contributed by atoms with Gasteiger partial charge in [-0.15, -0.1) is 11.3 Å². The normalized spacial score (nSPS) is 13.2. The first-order valence-electron chi connectivity index (χ1n) is 6.80. The predicted molar refractivity (Wildman–Crippen MR) is 77.8 cm³/mol. The first kappa shape index (κ1) is 14.7. The number of nitrogens with zero attached hydrogens (tertiary/aromatic N) is 1. The molecule has 0 spiro atoms. The molecule has 0 amide bonds. The third-order valence-corrected chi connectivity index (χ3v) is 4.22. The van der Waals surface area contributed by atoms with Gasteiger partial charge in [-0.2, -0.15) is 0 Å². The molecule has 17 heavy (non-hydrogen) atoms. The van der Waals surface area contributed by atoms with Crippen LogP contribution in [0.25, 0.3) is 0 Å². The number of hydrogen-bond donors (Lipinski definition) is 1. The fourth-order valence-corrected chi connectivity index (χ4v) is 2.94. The molecule has 0 aliphatic carbocycles. The lowest BCUT2D eigenvalue weighted by Crippen LogP contribution is -2.28. The van der Waals surface area contributed by atoms with Gasteiger partial charge in [-0.25, -0.2) is 0 Å². The summed E-state index contributed by atoms with van der Waals surface area (Å²) in [5.41, 5.74) is 0. The Morgan fingerprint density at radius 1 is 1.29 bits per heavy atom. The molecule has 0 bridgehead atoms. The first-order valence-corrected chi connectivity index (χ1v) is 7.68. The summed E-state index contributed by atoms with van der Waals surface area (Å²) in [6.45, 7) is 11.4. The zero-order chi connectivity index (χ0) is 12.5. The quantitative estimate of drug-likeness (QED) is 0.678. The maximum Gasteiger partial charge on any atom is 0.0412 e. The molecule has 1 rings (SSSR count). The van der Waals surface area contributed by atoms with Crippen LogP contribution >= 0.6 is 11.3 Å². The summed E-state index contributed by atoms with van der Waals surface area (Å²) in [5, 5.41) is 5.82. The lowest BCUT2D eigenvalue weighted by molar-refractivity contribution is 0.295. The van der Waals surface area contributed by atoms with Gasteiger partial charge in [-0.3, -0.25) is 0 Å². The topological polar surface area (TPSA) is 15.3 Å². The fraction of sp³-hybridized carbons (Fsp3) is 0.714. The van der Waals surface area contributed by atoms with Gasteiger partial charge < -0.3 is 10.2 Å². The Kier molecular flexibility index (Phi) is 7.49. The van der Waals surface area contributed by atoms with Gasteiger partial charge in [-0.05, 0) is 50.5 Å². The third kappa shape index (κ3) is 5.19. The highest BCUT2D eigenvalue weighted by molar-refractivity contribution is 7.10. The second-order valence-electron chi connectivity index (χ2n) is 4.31. The van der Waals surface area contributed by atoms with E-state index in [-0.39, 0.29) is 0 Å². The Morgan fingerprint density at radius 3 is 2.59 bits per heavy atom. The van der Waals surface area contributed by atoms with E-state index in [1.807, 2.05) is 11.3 Å². The molecule has 1 unspecified atom stereocenters. The van der Waals surface area contributed by atoms with Crippen molar-refractivity contribution >= 4 is 11.3 Å². The van der Waals surface area contributed by atoms with Crippen LogP contribution in [0, 0.1) is 0 Å². The summed E-state index contributed by atoms with van der Waals surface area (Å²) in [6.07, 6.45) is 2.41. The van der Waals surface area contributed by atoms with Crippen LogP contribution in [0.1, 0.15) is 44.5 Å². The minimum Gasteiger partial charge on any atom is -0.309 e. The third-order valence-electron chi connectivity index (χ3n) is 3.23. The number of thiophene rings is 1. The summed E-state index contributed by atoms with van der Waals surface area (Å²) >= 11 is 1.86. The van der Waals surface area contributed by atoms with Crippen molar-refractivity contribution in [1.29, 1.82) is 0 Å². The minimum absolute atomic E-state index is 0.548. The molecule has 1 aromatic rings. The Balaban J connectivity index is 2.20. The van der Waals surface area contributed by atoms with E-state index >= 15 is 0 Å². The molecule has 0 aromatic carbocycles. The highest BCUT2D eigenvalue weighted by Gasteiger charge is 2.08. The van der Waals surface area contributed by atoms with Crippen molar-refractivity contribution in [3.63, 3.8) is 0 Å². The summed E-state index contributed by atoms with van der Waals surface area (Å²) in [7, 11) is 0. The minimum atomic E-state index is 0.548. The van der Waals surface area contributed by atoms with Gasteiger partial charge in [0.1, 0.15) is 0 Å². The van der Waals surface area contributed by atoms with Gasteiger partial charge in [0.05, 0.1) is 0 Å². The average molecular weight is 254 g/mol. The summed E-state index contributed by atoms with van der Waals surface area (Å²) in [4.78, 5) is 3.95. The van der Waals surface area contributed by atoms with E-state index < -0.39 is 0 Å². The van der Waals surface area contributed by atoms with Crippen LogP contribution in [0.5, 0.6) is 0 Å². The average Bonchev–Trinajstić information content (AvgIpc) is 2.88. The smallest absolute Gasteiger partial charge is 0.0412 e. The zero-order valence-corrected chi connectivity index (χ0v) is 12.2. The van der Waals surface area contributed by atoms with Crippen molar-refractivity contribution in [2.75, 3.05) is 26.2 Å². The van der Waals surface area contributed by atoms with E-state index in [0.29, 0.717) is 6.04 Å². The number of nitrogens with one attached hydrogen (secondary N) is 1. The van der Waals surface area contributed by atoms with Crippen LogP contribution in [0.4, 0.5) is 0 Å². The molecule has 2 nitrogen and oxygen atoms in total. The van der Waals surface area contributed by atoms with Gasteiger partial charge >= 0.3 is 0 Å². The maximum atomic E-state index is 3.66. The molecule has 98 valence electrons. The van der Waals surface area contributed by atoms with Crippen LogP contribution in [-0.4, -0.2) is 31.1 Å². The lowest BCUT2D eigenvalue weighted by atomic mass is 10.2. The van der Waals surface area contributed by atoms with Crippen molar-refractivity contribution in [1.82, 2.24) is 10.2 Å². The second kappa shape index (κ2) is 8.67. The van der Waals surface area contributed by atoms with Crippen molar-refractivity contribution in [3.8, 4) is 0 Å². The zero-order valence-electron chi connectivity index (χ0n) is 11.4. The lowest BCUT2D eigenvalue weighted by Gasteiger charge is -2.19. The molecule has 3 heteroatoms. The van der Waals surface area contributed by atoms with Crippen molar-refractivity contribution in [2.45, 2.75) is 39.7 Å². The highest BCUT2D eigenvalue weighted by atomic mass is 32.1. The van der Waals surface area contributed by atoms with E-state index in [2.05, 4.69) is 48.5 Å². The van der Waals surface area contributed by atoms with Gasteiger partial charge in [0.25, 0.3) is 0 Å². The van der Waals surface area contributed by atoms with Crippen LogP contribution in [0.3, 0.4) is 0 Å².